The van der Waals surface area contributed by atoms with Crippen LogP contribution in [-0.2, 0) is 65.7 Å². The molecular weight excluding hydrogens is 911 g/mol. The summed E-state index contributed by atoms with van der Waals surface area (Å²) in [6.07, 6.45) is -0.876. The van der Waals surface area contributed by atoms with Gasteiger partial charge in [-0.05, 0) is 49.7 Å². The summed E-state index contributed by atoms with van der Waals surface area (Å²) in [5.41, 5.74) is 16.0. The molecule has 1 aromatic rings. The smallest absolute Gasteiger partial charge is 0.245 e. The highest BCUT2D eigenvalue weighted by Gasteiger charge is 2.40. The predicted octanol–water partition coefficient (Wildman–Crippen LogP) is -2.12. The minimum Gasteiger partial charge on any atom is -0.370 e. The van der Waals surface area contributed by atoms with Crippen molar-refractivity contribution in [2.75, 3.05) is 18.1 Å². The van der Waals surface area contributed by atoms with Gasteiger partial charge in [0.05, 0.1) is 13.0 Å². The Kier molecular flexibility index (Phi) is 21.4. The fourth-order valence-electron chi connectivity index (χ4n) is 7.16. The average molecular weight is 976 g/mol. The van der Waals surface area contributed by atoms with Crippen LogP contribution < -0.4 is 54.4 Å². The fraction of sp³-hybridized carbons (Fsp3) is 0.605. The molecule has 1 saturated heterocycles. The fourth-order valence-corrected chi connectivity index (χ4v) is 9.31. The van der Waals surface area contributed by atoms with E-state index in [0.717, 1.165) is 21.9 Å². The van der Waals surface area contributed by atoms with Crippen molar-refractivity contribution < 1.29 is 52.7 Å². The van der Waals surface area contributed by atoms with Gasteiger partial charge < -0.3 is 59.3 Å². The maximum atomic E-state index is 14.2. The van der Waals surface area contributed by atoms with Gasteiger partial charge >= 0.3 is 0 Å². The number of nitrogens with two attached hydrogens (primary N) is 3. The van der Waals surface area contributed by atoms with E-state index in [1.165, 1.54) is 29.5 Å². The van der Waals surface area contributed by atoms with E-state index < -0.39 is 126 Å². The lowest BCUT2D eigenvalue weighted by Crippen LogP contribution is -2.63. The predicted molar refractivity (Wildman–Crippen MR) is 249 cm³/mol. The van der Waals surface area contributed by atoms with E-state index in [1.807, 2.05) is 24.3 Å². The largest absolute Gasteiger partial charge is 0.370 e. The Labute approximate surface area is 397 Å². The Morgan fingerprint density at radius 3 is 2.07 bits per heavy atom. The Hall–Kier alpha value is -5.91. The van der Waals surface area contributed by atoms with E-state index in [0.29, 0.717) is 6.42 Å². The molecule has 0 unspecified atom stereocenters. The minimum absolute atomic E-state index is 0.0475. The van der Waals surface area contributed by atoms with Gasteiger partial charge in [0, 0.05) is 37.3 Å². The van der Waals surface area contributed by atoms with Crippen LogP contribution in [0.4, 0.5) is 0 Å². The second-order valence-electron chi connectivity index (χ2n) is 17.6. The number of carbonyl (C=O) groups excluding carboxylic acids is 11. The summed E-state index contributed by atoms with van der Waals surface area (Å²) in [5.74, 6) is -9.51. The van der Waals surface area contributed by atoms with Crippen LogP contribution in [0.1, 0.15) is 91.2 Å². The molecule has 2 heterocycles. The molecule has 13 N–H and O–H groups in total. The highest BCUT2D eigenvalue weighted by atomic mass is 33.1. The Balaban J connectivity index is 2.03. The number of benzene rings is 1. The van der Waals surface area contributed by atoms with Crippen molar-refractivity contribution in [3.63, 3.8) is 0 Å². The molecule has 370 valence electrons. The summed E-state index contributed by atoms with van der Waals surface area (Å²) >= 11 is 0. The van der Waals surface area contributed by atoms with E-state index in [1.54, 1.807) is 27.7 Å². The topological polar surface area (TPSA) is 353 Å². The molecule has 67 heavy (non-hydrogen) atoms. The van der Waals surface area contributed by atoms with Crippen LogP contribution in [0.15, 0.2) is 24.3 Å². The monoisotopic (exact) mass is 975 g/mol. The van der Waals surface area contributed by atoms with Crippen LogP contribution in [-0.4, -0.2) is 130 Å². The van der Waals surface area contributed by atoms with Crippen LogP contribution in [0.25, 0.3) is 0 Å². The molecule has 11 amide bonds. The first-order chi connectivity index (χ1) is 31.4. The van der Waals surface area contributed by atoms with Gasteiger partial charge in [0.15, 0.2) is 0 Å². The van der Waals surface area contributed by atoms with Crippen molar-refractivity contribution in [2.24, 2.45) is 29.0 Å². The van der Waals surface area contributed by atoms with E-state index in [2.05, 4.69) is 37.2 Å². The molecule has 3 rings (SSSR count). The van der Waals surface area contributed by atoms with Crippen LogP contribution in [0, 0.1) is 11.8 Å². The molecule has 1 aromatic carbocycles. The Morgan fingerprint density at radius 2 is 1.46 bits per heavy atom. The number of fused-ring (bicyclic) bond motifs is 2. The van der Waals surface area contributed by atoms with Crippen molar-refractivity contribution in [1.82, 2.24) is 42.1 Å². The molecule has 0 radical (unpaired) electrons. The minimum atomic E-state index is -1.73. The highest BCUT2D eigenvalue weighted by molar-refractivity contribution is 8.76. The third-order valence-electron chi connectivity index (χ3n) is 11.1. The first-order valence-corrected chi connectivity index (χ1v) is 24.5. The second kappa shape index (κ2) is 25.9. The van der Waals surface area contributed by atoms with Crippen molar-refractivity contribution in [3.8, 4) is 0 Å². The number of amides is 11. The molecule has 22 nitrogen and oxygen atoms in total. The van der Waals surface area contributed by atoms with Crippen molar-refractivity contribution in [1.29, 1.82) is 0 Å². The summed E-state index contributed by atoms with van der Waals surface area (Å²) in [7, 11) is 2.26. The third-order valence-corrected chi connectivity index (χ3v) is 13.5. The van der Waals surface area contributed by atoms with Crippen LogP contribution >= 0.6 is 21.6 Å². The number of hydrogen-bond acceptors (Lipinski definition) is 13. The van der Waals surface area contributed by atoms with Gasteiger partial charge in [-0.2, -0.15) is 0 Å². The van der Waals surface area contributed by atoms with Gasteiger partial charge in [-0.15, -0.1) is 0 Å². The van der Waals surface area contributed by atoms with E-state index >= 15 is 0 Å². The molecule has 2 aliphatic rings. The number of carbonyl (C=O) groups is 11. The summed E-state index contributed by atoms with van der Waals surface area (Å²) in [4.78, 5) is 148. The molecule has 0 bridgehead atoms. The lowest BCUT2D eigenvalue weighted by Gasteiger charge is -2.37. The maximum absolute atomic E-state index is 14.2. The number of nitrogens with zero attached hydrogens (tertiary/aromatic N) is 1. The lowest BCUT2D eigenvalue weighted by atomic mass is 9.92. The first kappa shape index (κ1) is 55.4. The van der Waals surface area contributed by atoms with Crippen LogP contribution in [0.3, 0.4) is 0 Å². The van der Waals surface area contributed by atoms with Gasteiger partial charge in [0.25, 0.3) is 0 Å². The lowest BCUT2D eigenvalue weighted by molar-refractivity contribution is -0.143. The number of rotatable bonds is 16. The normalized spacial score (nSPS) is 22.2. The molecule has 0 saturated carbocycles. The van der Waals surface area contributed by atoms with Crippen molar-refractivity contribution in [2.45, 2.75) is 135 Å². The number of hydrogen-bond donors (Lipinski definition) is 10. The zero-order chi connectivity index (χ0) is 50.2. The standard InChI is InChI=1S/C43H65N11O11S2/c1-7-23(4)35-41(64)48-26(12-13-31(44)55)37(60)49-28(18-32(45)56)38(61)50-29(39(62)53-43(5,6)42(65)51-27(16-22(2)3)36(59)47-19-33(46)57)21-67-66-15-14-34(58)54-20-25-11-9-8-10-24(25)17-30(54)40(63)52-35/h8-11,22-23,26-30,35H,7,12-21H2,1-6H3,(H2,44,55)(H2,45,56)(H2,46,57)(H,47,59)(H,48,64)(H,49,60)(H,50,61)(H,51,65)(H,52,63)(H,53,62)/t23-,26-,27-,28-,29-,30-,35-/m0/s1. The molecule has 0 aliphatic carbocycles. The molecule has 1 fully saturated rings. The van der Waals surface area contributed by atoms with E-state index in [4.69, 9.17) is 17.2 Å². The second-order valence-corrected chi connectivity index (χ2v) is 20.2. The summed E-state index contributed by atoms with van der Waals surface area (Å²) in [6, 6.07) is -0.750. The van der Waals surface area contributed by atoms with Gasteiger partial charge in [-0.1, -0.05) is 80.0 Å². The highest BCUT2D eigenvalue weighted by Crippen LogP contribution is 2.28. The molecule has 0 aromatic heterocycles. The van der Waals surface area contributed by atoms with E-state index in [-0.39, 0.29) is 55.6 Å². The molecular formula is C43H65N11O11S2. The third kappa shape index (κ3) is 17.4. The molecule has 7 atom stereocenters. The molecule has 0 spiro atoms. The summed E-state index contributed by atoms with van der Waals surface area (Å²) in [6.45, 7) is 9.45. The maximum Gasteiger partial charge on any atom is 0.245 e. The molecule has 2 aliphatic heterocycles. The Bertz CT molecular complexity index is 2040. The first-order valence-electron chi connectivity index (χ1n) is 22.0. The summed E-state index contributed by atoms with van der Waals surface area (Å²) < 4.78 is 0. The Morgan fingerprint density at radius 1 is 0.821 bits per heavy atom. The van der Waals surface area contributed by atoms with Gasteiger partial charge in [0.1, 0.15) is 41.8 Å². The van der Waals surface area contributed by atoms with Crippen LogP contribution in [0.2, 0.25) is 0 Å². The summed E-state index contributed by atoms with van der Waals surface area (Å²) in [5, 5.41) is 17.8. The SMILES string of the molecule is CC[C@H](C)[C@@H]1NC(=O)[C@@H]2Cc3ccccc3CN2C(=O)CCSSC[C@@H](C(=O)NC(C)(C)C(=O)N[C@@H](CC(C)C)C(=O)NCC(N)=O)NC(=O)[C@H](CC(N)=O)NC(=O)[C@H](CCC(N)=O)NC1=O. The zero-order valence-electron chi connectivity index (χ0n) is 38.7. The average Bonchev–Trinajstić information content (AvgIpc) is 3.25. The molecule has 24 heteroatoms. The van der Waals surface area contributed by atoms with Crippen LogP contribution in [0.5, 0.6) is 0 Å². The quantitative estimate of drug-likeness (QED) is 0.0794. The van der Waals surface area contributed by atoms with Crippen molar-refractivity contribution >= 4 is 86.6 Å². The number of primary amides is 3. The van der Waals surface area contributed by atoms with Crippen molar-refractivity contribution in [3.05, 3.63) is 35.4 Å². The van der Waals surface area contributed by atoms with Gasteiger partial charge in [0.2, 0.25) is 65.0 Å². The van der Waals surface area contributed by atoms with Gasteiger partial charge in [-0.25, -0.2) is 0 Å². The van der Waals surface area contributed by atoms with E-state index in [9.17, 15) is 52.7 Å². The van der Waals surface area contributed by atoms with Gasteiger partial charge in [-0.3, -0.25) is 52.7 Å². The number of nitrogens with one attached hydrogen (secondary N) is 7. The zero-order valence-corrected chi connectivity index (χ0v) is 40.3.